The summed E-state index contributed by atoms with van der Waals surface area (Å²) in [5, 5.41) is 3.43. The van der Waals surface area contributed by atoms with Crippen LogP contribution in [0.15, 0.2) is 48.5 Å². The molecule has 4 nitrogen and oxygen atoms in total. The summed E-state index contributed by atoms with van der Waals surface area (Å²) in [6, 6.07) is 14.8. The lowest BCUT2D eigenvalue weighted by molar-refractivity contribution is 0.102. The molecule has 1 heterocycles. The van der Waals surface area contributed by atoms with E-state index in [4.69, 9.17) is 16.3 Å². The summed E-state index contributed by atoms with van der Waals surface area (Å²) in [5.74, 6) is -0.166. The van der Waals surface area contributed by atoms with Crippen molar-refractivity contribution in [2.24, 2.45) is 0 Å². The van der Waals surface area contributed by atoms with E-state index in [0.29, 0.717) is 16.7 Å². The first-order chi connectivity index (χ1) is 11.2. The molecule has 0 bridgehead atoms. The van der Waals surface area contributed by atoms with E-state index in [1.807, 2.05) is 24.3 Å². The maximum absolute atomic E-state index is 12.2. The molecule has 120 valence electrons. The summed E-state index contributed by atoms with van der Waals surface area (Å²) in [7, 11) is 1.75. The zero-order valence-electron chi connectivity index (χ0n) is 13.0. The highest BCUT2D eigenvalue weighted by molar-refractivity contribution is 6.31. The highest BCUT2D eigenvalue weighted by atomic mass is 35.5. The van der Waals surface area contributed by atoms with Gasteiger partial charge in [-0.15, -0.1) is 0 Å². The van der Waals surface area contributed by atoms with Gasteiger partial charge >= 0.3 is 0 Å². The van der Waals surface area contributed by atoms with Gasteiger partial charge in [-0.2, -0.15) is 0 Å². The third kappa shape index (κ3) is 3.84. The Bertz CT molecular complexity index is 688. The van der Waals surface area contributed by atoms with E-state index in [0.717, 1.165) is 30.9 Å². The number of amides is 1. The van der Waals surface area contributed by atoms with Crippen molar-refractivity contribution in [2.45, 2.75) is 12.5 Å². The Morgan fingerprint density at radius 2 is 2.04 bits per heavy atom. The highest BCUT2D eigenvalue weighted by Crippen LogP contribution is 2.23. The van der Waals surface area contributed by atoms with Gasteiger partial charge in [-0.3, -0.25) is 4.79 Å². The fraction of sp³-hybridized carbons (Fsp3) is 0.278. The average molecular weight is 331 g/mol. The SMILES string of the molecule is COC1CCN(c2ccc(NC(=O)c3cccc(Cl)c3)cc2)C1. The molecule has 0 saturated carbocycles. The number of benzene rings is 2. The van der Waals surface area contributed by atoms with Crippen molar-refractivity contribution in [1.29, 1.82) is 0 Å². The van der Waals surface area contributed by atoms with Crippen LogP contribution in [0, 0.1) is 0 Å². The molecular formula is C18H19ClN2O2. The van der Waals surface area contributed by atoms with Gasteiger partial charge in [0.15, 0.2) is 0 Å². The maximum Gasteiger partial charge on any atom is 0.255 e. The Morgan fingerprint density at radius 3 is 2.70 bits per heavy atom. The number of anilines is 2. The minimum absolute atomic E-state index is 0.166. The van der Waals surface area contributed by atoms with Crippen molar-refractivity contribution in [3.8, 4) is 0 Å². The third-order valence-electron chi connectivity index (χ3n) is 4.06. The van der Waals surface area contributed by atoms with Gasteiger partial charge in [-0.1, -0.05) is 17.7 Å². The van der Waals surface area contributed by atoms with E-state index in [9.17, 15) is 4.79 Å². The van der Waals surface area contributed by atoms with Crippen molar-refractivity contribution in [3.63, 3.8) is 0 Å². The van der Waals surface area contributed by atoms with E-state index in [1.165, 1.54) is 0 Å². The van der Waals surface area contributed by atoms with Crippen LogP contribution in [0.25, 0.3) is 0 Å². The first-order valence-electron chi connectivity index (χ1n) is 7.60. The fourth-order valence-electron chi connectivity index (χ4n) is 2.74. The maximum atomic E-state index is 12.2. The number of hydrogen-bond donors (Lipinski definition) is 1. The van der Waals surface area contributed by atoms with E-state index in [1.54, 1.807) is 31.4 Å². The van der Waals surface area contributed by atoms with Crippen molar-refractivity contribution >= 4 is 28.9 Å². The smallest absolute Gasteiger partial charge is 0.255 e. The molecule has 5 heteroatoms. The normalized spacial score (nSPS) is 17.3. The van der Waals surface area contributed by atoms with Crippen LogP contribution in [0.5, 0.6) is 0 Å². The second-order valence-corrected chi connectivity index (χ2v) is 6.04. The quantitative estimate of drug-likeness (QED) is 0.926. The van der Waals surface area contributed by atoms with E-state index in [-0.39, 0.29) is 5.91 Å². The van der Waals surface area contributed by atoms with Crippen LogP contribution >= 0.6 is 11.6 Å². The van der Waals surface area contributed by atoms with Crippen molar-refractivity contribution in [3.05, 3.63) is 59.1 Å². The standard InChI is InChI=1S/C18H19ClN2O2/c1-23-17-9-10-21(12-17)16-7-5-15(6-8-16)20-18(22)13-3-2-4-14(19)11-13/h2-8,11,17H,9-10,12H2,1H3,(H,20,22). The Kier molecular flexibility index (Phi) is 4.84. The van der Waals surface area contributed by atoms with Crippen LogP contribution < -0.4 is 10.2 Å². The number of carbonyl (C=O) groups is 1. The van der Waals surface area contributed by atoms with E-state index < -0.39 is 0 Å². The molecule has 1 aliphatic rings. The number of methoxy groups -OCH3 is 1. The zero-order chi connectivity index (χ0) is 16.2. The van der Waals surface area contributed by atoms with Gasteiger partial charge in [-0.05, 0) is 48.9 Å². The summed E-state index contributed by atoms with van der Waals surface area (Å²) < 4.78 is 5.39. The van der Waals surface area contributed by atoms with Crippen LogP contribution in [0.3, 0.4) is 0 Å². The van der Waals surface area contributed by atoms with Gasteiger partial charge in [0.1, 0.15) is 0 Å². The second kappa shape index (κ2) is 7.02. The number of ether oxygens (including phenoxy) is 1. The Morgan fingerprint density at radius 1 is 1.26 bits per heavy atom. The van der Waals surface area contributed by atoms with Gasteiger partial charge in [0.05, 0.1) is 6.10 Å². The lowest BCUT2D eigenvalue weighted by Gasteiger charge is -2.18. The molecule has 2 aromatic rings. The summed E-state index contributed by atoms with van der Waals surface area (Å²) >= 11 is 5.91. The summed E-state index contributed by atoms with van der Waals surface area (Å²) in [5.41, 5.74) is 2.45. The molecule has 0 aromatic heterocycles. The molecule has 1 N–H and O–H groups in total. The zero-order valence-corrected chi connectivity index (χ0v) is 13.7. The largest absolute Gasteiger partial charge is 0.380 e. The molecule has 1 saturated heterocycles. The number of hydrogen-bond acceptors (Lipinski definition) is 3. The van der Waals surface area contributed by atoms with E-state index in [2.05, 4.69) is 10.2 Å². The van der Waals surface area contributed by atoms with Gasteiger partial charge in [0.2, 0.25) is 0 Å². The number of nitrogens with one attached hydrogen (secondary N) is 1. The topological polar surface area (TPSA) is 41.6 Å². The predicted molar refractivity (Wildman–Crippen MR) is 93.5 cm³/mol. The first-order valence-corrected chi connectivity index (χ1v) is 7.98. The molecule has 0 radical (unpaired) electrons. The molecule has 3 rings (SSSR count). The van der Waals surface area contributed by atoms with Crippen LogP contribution in [-0.4, -0.2) is 32.2 Å². The summed E-state index contributed by atoms with van der Waals surface area (Å²) in [6.07, 6.45) is 1.35. The summed E-state index contributed by atoms with van der Waals surface area (Å²) in [4.78, 5) is 14.5. The number of rotatable bonds is 4. The van der Waals surface area contributed by atoms with Crippen LogP contribution in [0.1, 0.15) is 16.8 Å². The Balaban J connectivity index is 1.65. The van der Waals surface area contributed by atoms with Gasteiger partial charge in [-0.25, -0.2) is 0 Å². The number of carbonyl (C=O) groups excluding carboxylic acids is 1. The summed E-state index contributed by atoms with van der Waals surface area (Å²) in [6.45, 7) is 1.90. The van der Waals surface area contributed by atoms with Crippen molar-refractivity contribution in [2.75, 3.05) is 30.4 Å². The monoisotopic (exact) mass is 330 g/mol. The van der Waals surface area contributed by atoms with Gasteiger partial charge in [0, 0.05) is 42.2 Å². The Hall–Kier alpha value is -2.04. The molecule has 2 aromatic carbocycles. The Labute approximate surface area is 141 Å². The number of nitrogens with zero attached hydrogens (tertiary/aromatic N) is 1. The van der Waals surface area contributed by atoms with Crippen molar-refractivity contribution < 1.29 is 9.53 Å². The van der Waals surface area contributed by atoms with Crippen LogP contribution in [0.2, 0.25) is 5.02 Å². The second-order valence-electron chi connectivity index (χ2n) is 5.60. The first kappa shape index (κ1) is 15.8. The van der Waals surface area contributed by atoms with Crippen LogP contribution in [-0.2, 0) is 4.74 Å². The molecule has 1 atom stereocenters. The molecule has 23 heavy (non-hydrogen) atoms. The minimum Gasteiger partial charge on any atom is -0.380 e. The van der Waals surface area contributed by atoms with Crippen LogP contribution in [0.4, 0.5) is 11.4 Å². The average Bonchev–Trinajstić information content (AvgIpc) is 3.04. The number of halogens is 1. The molecule has 0 spiro atoms. The van der Waals surface area contributed by atoms with Crippen molar-refractivity contribution in [1.82, 2.24) is 0 Å². The highest BCUT2D eigenvalue weighted by Gasteiger charge is 2.22. The lowest BCUT2D eigenvalue weighted by atomic mass is 10.2. The van der Waals surface area contributed by atoms with Gasteiger partial charge < -0.3 is 15.0 Å². The molecule has 1 unspecified atom stereocenters. The fourth-order valence-corrected chi connectivity index (χ4v) is 2.93. The minimum atomic E-state index is -0.166. The third-order valence-corrected chi connectivity index (χ3v) is 4.29. The molecule has 1 amide bonds. The molecule has 1 fully saturated rings. The molecule has 0 aliphatic carbocycles. The lowest BCUT2D eigenvalue weighted by Crippen LogP contribution is -2.22. The predicted octanol–water partition coefficient (Wildman–Crippen LogP) is 3.82. The molecular weight excluding hydrogens is 312 g/mol. The molecule has 1 aliphatic heterocycles. The van der Waals surface area contributed by atoms with Gasteiger partial charge in [0.25, 0.3) is 5.91 Å². The van der Waals surface area contributed by atoms with E-state index >= 15 is 0 Å².